The van der Waals surface area contributed by atoms with Crippen LogP contribution >= 0.6 is 0 Å². The Morgan fingerprint density at radius 3 is 1.90 bits per heavy atom. The predicted molar refractivity (Wildman–Crippen MR) is 136 cm³/mol. The van der Waals surface area contributed by atoms with Crippen LogP contribution in [0.5, 0.6) is 0 Å². The van der Waals surface area contributed by atoms with Gasteiger partial charge in [0.25, 0.3) is 0 Å². The van der Waals surface area contributed by atoms with Crippen LogP contribution in [0.4, 0.5) is 26.3 Å². The van der Waals surface area contributed by atoms with E-state index in [1.165, 1.54) is 0 Å². The van der Waals surface area contributed by atoms with Crippen molar-refractivity contribution >= 4 is 5.91 Å². The third-order valence-corrected chi connectivity index (χ3v) is 8.40. The monoisotopic (exact) mass is 569 g/mol. The van der Waals surface area contributed by atoms with Gasteiger partial charge in [-0.05, 0) is 80.9 Å². The van der Waals surface area contributed by atoms with Crippen LogP contribution in [0, 0.1) is 0 Å². The molecule has 0 radical (unpaired) electrons. The van der Waals surface area contributed by atoms with E-state index in [9.17, 15) is 31.1 Å². The number of nitrogens with zero attached hydrogens (tertiary/aromatic N) is 2. The van der Waals surface area contributed by atoms with Crippen molar-refractivity contribution in [2.24, 2.45) is 0 Å². The zero-order valence-electron chi connectivity index (χ0n) is 22.1. The van der Waals surface area contributed by atoms with E-state index in [0.29, 0.717) is 45.3 Å². The number of halogens is 6. The van der Waals surface area contributed by atoms with Crippen molar-refractivity contribution in [3.8, 4) is 0 Å². The van der Waals surface area contributed by atoms with Crippen LogP contribution in [0.3, 0.4) is 0 Å². The Morgan fingerprint density at radius 2 is 1.38 bits per heavy atom. The first-order valence-electron chi connectivity index (χ1n) is 13.6. The molecule has 1 saturated carbocycles. The van der Waals surface area contributed by atoms with E-state index in [0.717, 1.165) is 43.6 Å². The molecule has 218 valence electrons. The third-order valence-electron chi connectivity index (χ3n) is 8.40. The topological polar surface area (TPSA) is 44.8 Å². The first-order valence-corrected chi connectivity index (χ1v) is 13.6. The molecule has 1 N–H and O–H groups in total. The molecule has 3 fully saturated rings. The quantitative estimate of drug-likeness (QED) is 0.403. The van der Waals surface area contributed by atoms with E-state index >= 15 is 0 Å². The number of hydrogen-bond donors (Lipinski definition) is 1. The Bertz CT molecular complexity index is 1150. The van der Waals surface area contributed by atoms with E-state index in [1.807, 2.05) is 35.3 Å². The molecule has 0 aromatic heterocycles. The lowest BCUT2D eigenvalue weighted by atomic mass is 9.73. The fraction of sp³-hybridized carbons (Fsp3) is 0.552. The lowest BCUT2D eigenvalue weighted by Gasteiger charge is -2.43. The van der Waals surface area contributed by atoms with Gasteiger partial charge in [-0.25, -0.2) is 5.01 Å². The van der Waals surface area contributed by atoms with E-state index in [1.54, 1.807) is 0 Å². The van der Waals surface area contributed by atoms with Crippen molar-refractivity contribution in [3.05, 3.63) is 70.8 Å². The van der Waals surface area contributed by atoms with Crippen molar-refractivity contribution in [2.75, 3.05) is 39.3 Å². The summed E-state index contributed by atoms with van der Waals surface area (Å²) >= 11 is 0. The number of benzene rings is 2. The Hall–Kier alpha value is -2.63. The van der Waals surface area contributed by atoms with Crippen LogP contribution in [-0.2, 0) is 32.9 Å². The zero-order valence-corrected chi connectivity index (χ0v) is 22.1. The molecule has 0 atom stereocenters. The van der Waals surface area contributed by atoms with Gasteiger partial charge in [-0.15, -0.1) is 0 Å². The van der Waals surface area contributed by atoms with E-state index in [4.69, 9.17) is 4.74 Å². The molecule has 5 nitrogen and oxygen atoms in total. The normalized spacial score (nSPS) is 21.4. The molecule has 1 aliphatic carbocycles. The molecular formula is C29H33F6N3O2. The summed E-state index contributed by atoms with van der Waals surface area (Å²) in [4.78, 5) is 14.7. The van der Waals surface area contributed by atoms with E-state index < -0.39 is 34.5 Å². The number of alkyl halides is 6. The summed E-state index contributed by atoms with van der Waals surface area (Å²) in [5.74, 6) is -0.0627. The highest BCUT2D eigenvalue weighted by Gasteiger charge is 2.50. The molecule has 2 aliphatic heterocycles. The average molecular weight is 570 g/mol. The molecule has 0 bridgehead atoms. The van der Waals surface area contributed by atoms with Gasteiger partial charge in [0.1, 0.15) is 0 Å². The Kier molecular flexibility index (Phi) is 7.93. The number of amides is 1. The van der Waals surface area contributed by atoms with Crippen molar-refractivity contribution < 1.29 is 35.9 Å². The molecule has 2 heterocycles. The van der Waals surface area contributed by atoms with Crippen LogP contribution in [0.15, 0.2) is 48.5 Å². The van der Waals surface area contributed by atoms with Crippen LogP contribution in [0.1, 0.15) is 60.8 Å². The molecular weight excluding hydrogens is 536 g/mol. The zero-order chi connectivity index (χ0) is 28.6. The van der Waals surface area contributed by atoms with Crippen LogP contribution in [0.25, 0.3) is 0 Å². The largest absolute Gasteiger partial charge is 0.416 e. The number of piperidine rings is 1. The highest BCUT2D eigenvalue weighted by atomic mass is 19.4. The summed E-state index contributed by atoms with van der Waals surface area (Å²) in [6, 6.07) is 11.3. The molecule has 2 aromatic carbocycles. The van der Waals surface area contributed by atoms with E-state index in [2.05, 4.69) is 10.3 Å². The number of carbonyl (C=O) groups is 1. The summed E-state index contributed by atoms with van der Waals surface area (Å²) in [5, 5.41) is 1.88. The molecule has 3 aliphatic rings. The number of ether oxygens (including phenoxy) is 1. The summed E-state index contributed by atoms with van der Waals surface area (Å²) in [6.45, 7) is 3.41. The highest BCUT2D eigenvalue weighted by Crippen LogP contribution is 2.53. The molecule has 0 unspecified atom stereocenters. The minimum Gasteiger partial charge on any atom is -0.369 e. The third kappa shape index (κ3) is 6.47. The Labute approximate surface area is 229 Å². The fourth-order valence-corrected chi connectivity index (χ4v) is 5.83. The fourth-order valence-electron chi connectivity index (χ4n) is 5.83. The van der Waals surface area contributed by atoms with Gasteiger partial charge in [-0.1, -0.05) is 30.3 Å². The molecule has 40 heavy (non-hydrogen) atoms. The van der Waals surface area contributed by atoms with Crippen molar-refractivity contribution in [2.45, 2.75) is 61.9 Å². The van der Waals surface area contributed by atoms with Gasteiger partial charge in [0, 0.05) is 18.5 Å². The van der Waals surface area contributed by atoms with Crippen LogP contribution in [0.2, 0.25) is 0 Å². The number of nitrogens with one attached hydrogen (secondary N) is 1. The lowest BCUT2D eigenvalue weighted by Crippen LogP contribution is -2.53. The summed E-state index contributed by atoms with van der Waals surface area (Å²) in [6.07, 6.45) is -5.75. The van der Waals surface area contributed by atoms with Crippen LogP contribution < -0.4 is 5.43 Å². The van der Waals surface area contributed by atoms with Gasteiger partial charge in [-0.2, -0.15) is 26.3 Å². The smallest absolute Gasteiger partial charge is 0.369 e. The number of likely N-dealkylation sites (tertiary alicyclic amines) is 1. The van der Waals surface area contributed by atoms with Gasteiger partial charge >= 0.3 is 12.4 Å². The molecule has 2 saturated heterocycles. The molecule has 5 rings (SSSR count). The second kappa shape index (κ2) is 11.0. The Morgan fingerprint density at radius 1 is 0.800 bits per heavy atom. The Balaban J connectivity index is 1.32. The SMILES string of the molecule is O=C(CN1CCCC1)NN1CCC(COC2(c3cc(C(F)(F)F)cc(C(F)(F)F)c3)CC2)(c2ccccc2)CC1. The minimum absolute atomic E-state index is 0.0627. The second-order valence-electron chi connectivity index (χ2n) is 11.2. The van der Waals surface area contributed by atoms with Crippen LogP contribution in [-0.4, -0.2) is 55.1 Å². The standard InChI is InChI=1S/C29H33F6N3O2/c30-28(31,32)23-16-22(17-24(18-23)29(33,34)35)27(8-9-27)40-20-26(21-6-2-1-3-7-21)10-14-38(15-11-26)36-25(39)19-37-12-4-5-13-37/h1-3,6-7,16-18H,4-5,8-15,19-20H2,(H,36,39). The first kappa shape index (κ1) is 28.9. The molecule has 11 heteroatoms. The maximum absolute atomic E-state index is 13.5. The second-order valence-corrected chi connectivity index (χ2v) is 11.2. The van der Waals surface area contributed by atoms with Crippen molar-refractivity contribution in [3.63, 3.8) is 0 Å². The molecule has 1 amide bonds. The number of carbonyl (C=O) groups excluding carboxylic acids is 1. The summed E-state index contributed by atoms with van der Waals surface area (Å²) in [5.41, 5.74) is -0.464. The summed E-state index contributed by atoms with van der Waals surface area (Å²) < 4.78 is 87.3. The van der Waals surface area contributed by atoms with Gasteiger partial charge < -0.3 is 4.74 Å². The lowest BCUT2D eigenvalue weighted by molar-refractivity contribution is -0.143. The maximum atomic E-state index is 13.5. The summed E-state index contributed by atoms with van der Waals surface area (Å²) in [7, 11) is 0. The van der Waals surface area contributed by atoms with Crippen molar-refractivity contribution in [1.29, 1.82) is 0 Å². The average Bonchev–Trinajstić information content (AvgIpc) is 3.55. The van der Waals surface area contributed by atoms with Gasteiger partial charge in [0.15, 0.2) is 0 Å². The molecule has 2 aromatic rings. The predicted octanol–water partition coefficient (Wildman–Crippen LogP) is 5.89. The molecule has 0 spiro atoms. The van der Waals surface area contributed by atoms with Gasteiger partial charge in [-0.3, -0.25) is 15.1 Å². The highest BCUT2D eigenvalue weighted by molar-refractivity contribution is 5.77. The minimum atomic E-state index is -4.91. The maximum Gasteiger partial charge on any atom is 0.416 e. The van der Waals surface area contributed by atoms with Gasteiger partial charge in [0.2, 0.25) is 5.91 Å². The number of rotatable bonds is 8. The van der Waals surface area contributed by atoms with E-state index in [-0.39, 0.29) is 24.1 Å². The van der Waals surface area contributed by atoms with Gasteiger partial charge in [0.05, 0.1) is 29.9 Å². The number of hydrazine groups is 1. The first-order chi connectivity index (χ1) is 18.9. The number of hydrogen-bond acceptors (Lipinski definition) is 4. The van der Waals surface area contributed by atoms with Crippen molar-refractivity contribution in [1.82, 2.24) is 15.3 Å².